The Morgan fingerprint density at radius 3 is 0.796 bits per heavy atom. The van der Waals surface area contributed by atoms with Crippen molar-refractivity contribution in [3.8, 4) is 0 Å². The molecule has 0 aliphatic carbocycles. The summed E-state index contributed by atoms with van der Waals surface area (Å²) < 4.78 is 8.15. The highest BCUT2D eigenvalue weighted by atomic mass is 16.9. The average molecular weight is 1390 g/mol. The quantitative estimate of drug-likeness (QED) is 0.0515. The number of carboxylic acid groups (broad SMARTS) is 3. The number of rotatable bonds is 17. The molecule has 0 radical (unpaired) electrons. The van der Waals surface area contributed by atoms with Gasteiger partial charge in [-0.05, 0) is 0 Å². The lowest BCUT2D eigenvalue weighted by molar-refractivity contribution is -0.198. The van der Waals surface area contributed by atoms with Gasteiger partial charge in [-0.2, -0.15) is 9.69 Å². The van der Waals surface area contributed by atoms with Crippen LogP contribution in [0, 0.1) is 0 Å². The van der Waals surface area contributed by atoms with Gasteiger partial charge < -0.3 is 45.9 Å². The maximum absolute atomic E-state index is 11.4. The van der Waals surface area contributed by atoms with E-state index < -0.39 is 149 Å². The number of carbonyl (C=O) groups excluding carboxylic acids is 22. The maximum atomic E-state index is 11.4. The summed E-state index contributed by atoms with van der Waals surface area (Å²) in [7, 11) is 1.10. The normalized spacial score (nSPS) is 16.9. The van der Waals surface area contributed by atoms with E-state index in [-0.39, 0.29) is 126 Å². The van der Waals surface area contributed by atoms with E-state index in [1.807, 2.05) is 0 Å². The molecule has 0 bridgehead atoms. The first-order chi connectivity index (χ1) is 46.1. The van der Waals surface area contributed by atoms with Crippen molar-refractivity contribution < 1.29 is 164 Å². The summed E-state index contributed by atoms with van der Waals surface area (Å²) in [6.07, 6.45) is 7.58. The molecule has 9 heterocycles. The lowest BCUT2D eigenvalue weighted by Gasteiger charge is -2.15. The first kappa shape index (κ1) is 81.1. The van der Waals surface area contributed by atoms with E-state index >= 15 is 0 Å². The first-order valence-electron chi connectivity index (χ1n) is 27.6. The zero-order valence-electron chi connectivity index (χ0n) is 50.7. The number of aliphatic carboxylic acids is 3. The van der Waals surface area contributed by atoms with E-state index in [0.29, 0.717) is 15.0 Å². The van der Waals surface area contributed by atoms with Crippen LogP contribution in [0.15, 0.2) is 60.8 Å². The van der Waals surface area contributed by atoms with E-state index in [4.69, 9.17) is 26.8 Å². The zero-order valence-corrected chi connectivity index (χ0v) is 50.7. The number of ether oxygens (including phenoxy) is 2. The Morgan fingerprint density at radius 1 is 0.357 bits per heavy atom. The molecule has 17 amide bonds. The molecule has 0 aromatic heterocycles. The minimum Gasteiger partial charge on any atom is -0.481 e. The largest absolute Gasteiger partial charge is 0.560 e. The van der Waals surface area contributed by atoms with Crippen LogP contribution in [0.3, 0.4) is 0 Å². The fourth-order valence-corrected chi connectivity index (χ4v) is 6.88. The zero-order chi connectivity index (χ0) is 74.1. The smallest absolute Gasteiger partial charge is 0.481 e. The van der Waals surface area contributed by atoms with Gasteiger partial charge in [0.05, 0.1) is 39.2 Å². The van der Waals surface area contributed by atoms with Gasteiger partial charge in [0.15, 0.2) is 0 Å². The summed E-state index contributed by atoms with van der Waals surface area (Å²) in [6.45, 7) is 0.101. The van der Waals surface area contributed by atoms with Gasteiger partial charge in [-0.3, -0.25) is 115 Å². The molecule has 7 N–H and O–H groups in total. The number of nitrogens with zero attached hydrogens (tertiary/aromatic N) is 8. The number of esters is 2. The van der Waals surface area contributed by atoms with Crippen LogP contribution >= 0.6 is 0 Å². The topological polar surface area (TPSA) is 621 Å². The molecule has 0 aromatic rings. The van der Waals surface area contributed by atoms with Gasteiger partial charge in [-0.15, -0.1) is 10.1 Å². The Hall–Kier alpha value is -13.0. The maximum Gasteiger partial charge on any atom is 0.560 e. The van der Waals surface area contributed by atoms with E-state index in [9.17, 15) is 120 Å². The van der Waals surface area contributed by atoms with Gasteiger partial charge in [0.25, 0.3) is 94.5 Å². The van der Waals surface area contributed by atoms with Crippen LogP contribution in [0.5, 0.6) is 0 Å². The van der Waals surface area contributed by atoms with E-state index in [1.165, 1.54) is 0 Å². The Labute approximate surface area is 546 Å². The van der Waals surface area contributed by atoms with Crippen LogP contribution in [-0.4, -0.2) is 244 Å². The van der Waals surface area contributed by atoms with Crippen LogP contribution in [0.2, 0.25) is 0 Å². The molecule has 98 heavy (non-hydrogen) atoms. The molecular weight excluding hydrogens is 1330 g/mol. The van der Waals surface area contributed by atoms with Crippen LogP contribution in [0.4, 0.5) is 9.59 Å². The number of hydrogen-bond acceptors (Lipinski definition) is 33. The van der Waals surface area contributed by atoms with Crippen LogP contribution < -0.4 is 11.5 Å². The second-order valence-electron chi connectivity index (χ2n) is 18.6. The van der Waals surface area contributed by atoms with E-state index in [0.717, 1.165) is 82.6 Å². The molecule has 0 aromatic carbocycles. The number of hydroxylamine groups is 8. The standard InChI is InChI=1S/2C11H10N2O6.C9H8N2O7.C7H7NO4.C6H5NO4.C4H2O3.2C3H7NO2/c2*14-7-1-2-8(15)12(7)6-5-11(18)19-13-9(16)3-4-10(13)17;12-5-1-2-6(13)10(5)17-9(16)18-11-7(14)3-4-8(11)15;9-5-1-2-6(10)8(5)4-3-7(11)12;1-11-6(10)7-4(8)2-3-5(7)9;5-3-1-2-4(6)7-3;2*4-2-1-3(5)6/h2*1-2H,3-6H2;1-4H2;1-2H,3-4H2,(H,11,12);2-3H,1H3;1-2H;2*1-2,4H2,(H,5,6). The summed E-state index contributed by atoms with van der Waals surface area (Å²) in [5, 5.41) is 25.3. The molecule has 4 fully saturated rings. The van der Waals surface area contributed by atoms with Crippen molar-refractivity contribution in [2.75, 3.05) is 39.8 Å². The highest BCUT2D eigenvalue weighted by Gasteiger charge is 2.39. The monoisotopic (exact) mass is 1390 g/mol. The summed E-state index contributed by atoms with van der Waals surface area (Å²) in [6, 6.07) is 0. The Balaban J connectivity index is 0.000000394. The molecular formula is C54H56N10O34. The van der Waals surface area contributed by atoms with Crippen LogP contribution in [0.1, 0.15) is 83.5 Å². The molecule has 9 rings (SSSR count). The molecule has 9 aliphatic heterocycles. The molecule has 0 unspecified atom stereocenters. The Kier molecular flexibility index (Phi) is 33.2. The predicted octanol–water partition coefficient (Wildman–Crippen LogP) is -5.39. The third-order valence-corrected chi connectivity index (χ3v) is 11.5. The van der Waals surface area contributed by atoms with Crippen molar-refractivity contribution in [1.82, 2.24) is 39.9 Å². The SMILES string of the molecule is COC(=O)N1C(=O)C=CC1=O.NCCC(=O)O.NCCC(=O)O.O=C(CCN1C(=O)C=CC1=O)ON1C(=O)CCC1=O.O=C(CCN1C(=O)C=CC1=O)ON1C(=O)CCC1=O.O=C(O)CCN1C(=O)C=CC1=O.O=C(ON1C(=O)CCC1=O)ON1C(=O)CCC1=O.O=C1C=CC(=O)O1. The van der Waals surface area contributed by atoms with Crippen molar-refractivity contribution in [3.63, 3.8) is 0 Å². The second-order valence-corrected chi connectivity index (χ2v) is 18.6. The first-order valence-corrected chi connectivity index (χ1v) is 27.6. The highest BCUT2D eigenvalue weighted by molar-refractivity contribution is 6.21. The third kappa shape index (κ3) is 27.3. The molecule has 0 saturated carbocycles. The predicted molar refractivity (Wildman–Crippen MR) is 299 cm³/mol. The van der Waals surface area contributed by atoms with Gasteiger partial charge in [-0.1, -0.05) is 10.1 Å². The highest BCUT2D eigenvalue weighted by Crippen LogP contribution is 2.18. The Bertz CT molecular complexity index is 3190. The van der Waals surface area contributed by atoms with Gasteiger partial charge in [-0.25, -0.2) is 24.0 Å². The van der Waals surface area contributed by atoms with Crippen molar-refractivity contribution in [2.24, 2.45) is 11.5 Å². The number of carbonyl (C=O) groups is 25. The fourth-order valence-electron chi connectivity index (χ4n) is 6.88. The number of cyclic esters (lactones) is 2. The molecule has 44 nitrogen and oxygen atoms in total. The number of nitrogens with two attached hydrogens (primary N) is 2. The van der Waals surface area contributed by atoms with Crippen LogP contribution in [0.25, 0.3) is 0 Å². The van der Waals surface area contributed by atoms with Crippen molar-refractivity contribution >= 4 is 149 Å². The average Bonchev–Trinajstić information content (AvgIpc) is 1.75. The molecule has 4 saturated heterocycles. The summed E-state index contributed by atoms with van der Waals surface area (Å²) in [5.41, 5.74) is 9.70. The molecule has 0 spiro atoms. The number of hydrogen-bond donors (Lipinski definition) is 5. The number of amides is 17. The van der Waals surface area contributed by atoms with Gasteiger partial charge in [0.2, 0.25) is 0 Å². The van der Waals surface area contributed by atoms with E-state index in [2.05, 4.69) is 28.8 Å². The Morgan fingerprint density at radius 2 is 0.592 bits per heavy atom. The van der Waals surface area contributed by atoms with Gasteiger partial charge in [0, 0.05) is 145 Å². The lowest BCUT2D eigenvalue weighted by Crippen LogP contribution is -2.37. The number of imide groups is 10. The second kappa shape index (κ2) is 40.2. The molecule has 9 aliphatic rings. The lowest BCUT2D eigenvalue weighted by atomic mass is 10.4. The third-order valence-electron chi connectivity index (χ3n) is 11.5. The minimum atomic E-state index is -1.48. The molecule has 526 valence electrons. The van der Waals surface area contributed by atoms with Crippen molar-refractivity contribution in [1.29, 1.82) is 0 Å². The van der Waals surface area contributed by atoms with Crippen molar-refractivity contribution in [2.45, 2.75) is 83.5 Å². The van der Waals surface area contributed by atoms with Gasteiger partial charge in [0.1, 0.15) is 0 Å². The summed E-state index contributed by atoms with van der Waals surface area (Å²) in [5.74, 6) is -14.8. The molecule has 44 heteroatoms. The van der Waals surface area contributed by atoms with E-state index in [1.54, 1.807) is 0 Å². The number of carboxylic acids is 3. The van der Waals surface area contributed by atoms with Crippen LogP contribution in [-0.2, 0) is 139 Å². The van der Waals surface area contributed by atoms with Crippen molar-refractivity contribution in [3.05, 3.63) is 60.8 Å². The number of methoxy groups -OCH3 is 1. The summed E-state index contributed by atoms with van der Waals surface area (Å²) in [4.78, 5) is 292. The minimum absolute atomic E-state index is 0.0130. The summed E-state index contributed by atoms with van der Waals surface area (Å²) >= 11 is 0. The van der Waals surface area contributed by atoms with Gasteiger partial charge >= 0.3 is 54.0 Å². The fraction of sp³-hybridized carbons (Fsp3) is 0.352. The molecule has 0 atom stereocenters.